The second-order valence-corrected chi connectivity index (χ2v) is 9.07. The Balaban J connectivity index is 1.28. The molecule has 1 aliphatic heterocycles. The molecule has 0 N–H and O–H groups in total. The SMILES string of the molecule is Cc1nn(CC(=O)N2CCN(Cc3c(F)cccc3Cl)CC2)c2nccc(-c3ccc(F)cc3)c12. The van der Waals surface area contributed by atoms with Gasteiger partial charge in [-0.2, -0.15) is 5.10 Å². The highest BCUT2D eigenvalue weighted by molar-refractivity contribution is 6.31. The number of aryl methyl sites for hydroxylation is 1. The molecule has 0 aliphatic carbocycles. The highest BCUT2D eigenvalue weighted by Crippen LogP contribution is 2.30. The summed E-state index contributed by atoms with van der Waals surface area (Å²) >= 11 is 6.16. The molecule has 0 bridgehead atoms. The molecule has 0 atom stereocenters. The molecule has 9 heteroatoms. The molecule has 4 aromatic rings. The van der Waals surface area contributed by atoms with Crippen LogP contribution in [0.4, 0.5) is 8.78 Å². The van der Waals surface area contributed by atoms with Gasteiger partial charge in [0.15, 0.2) is 5.65 Å². The first-order valence-electron chi connectivity index (χ1n) is 11.4. The predicted octanol–water partition coefficient (Wildman–Crippen LogP) is 4.68. The van der Waals surface area contributed by atoms with Gasteiger partial charge in [-0.25, -0.2) is 18.4 Å². The molecule has 2 aromatic carbocycles. The zero-order chi connectivity index (χ0) is 24.5. The Bertz CT molecular complexity index is 1360. The minimum atomic E-state index is -0.315. The number of nitrogens with zero attached hydrogens (tertiary/aromatic N) is 5. The normalized spacial score (nSPS) is 14.6. The summed E-state index contributed by atoms with van der Waals surface area (Å²) in [5.74, 6) is -0.662. The van der Waals surface area contributed by atoms with Gasteiger partial charge < -0.3 is 4.90 Å². The number of aromatic nitrogens is 3. The number of benzene rings is 2. The lowest BCUT2D eigenvalue weighted by Gasteiger charge is -2.35. The number of piperazine rings is 1. The van der Waals surface area contributed by atoms with E-state index in [1.54, 1.807) is 40.0 Å². The Labute approximate surface area is 206 Å². The van der Waals surface area contributed by atoms with Crippen molar-refractivity contribution in [1.82, 2.24) is 24.6 Å². The van der Waals surface area contributed by atoms with Crippen molar-refractivity contribution < 1.29 is 13.6 Å². The van der Waals surface area contributed by atoms with Gasteiger partial charge in [-0.1, -0.05) is 29.8 Å². The number of rotatable bonds is 5. The summed E-state index contributed by atoms with van der Waals surface area (Å²) in [6, 6.07) is 12.8. The van der Waals surface area contributed by atoms with Gasteiger partial charge in [-0.3, -0.25) is 9.69 Å². The molecule has 180 valence electrons. The fourth-order valence-corrected chi connectivity index (χ4v) is 4.78. The van der Waals surface area contributed by atoms with Crippen molar-refractivity contribution in [2.24, 2.45) is 0 Å². The molecule has 1 amide bonds. The second kappa shape index (κ2) is 9.71. The average molecular weight is 496 g/mol. The van der Waals surface area contributed by atoms with Gasteiger partial charge in [0.05, 0.1) is 5.69 Å². The van der Waals surface area contributed by atoms with Crippen LogP contribution in [0, 0.1) is 18.6 Å². The van der Waals surface area contributed by atoms with Gasteiger partial charge in [-0.15, -0.1) is 0 Å². The summed E-state index contributed by atoms with van der Waals surface area (Å²) in [6.45, 7) is 4.69. The second-order valence-electron chi connectivity index (χ2n) is 8.66. The first-order valence-corrected chi connectivity index (χ1v) is 11.8. The maximum Gasteiger partial charge on any atom is 0.244 e. The van der Waals surface area contributed by atoms with E-state index in [1.165, 1.54) is 18.2 Å². The number of halogens is 3. The van der Waals surface area contributed by atoms with Crippen LogP contribution in [0.5, 0.6) is 0 Å². The van der Waals surface area contributed by atoms with E-state index in [0.717, 1.165) is 22.2 Å². The fraction of sp³-hybridized carbons (Fsp3) is 0.269. The van der Waals surface area contributed by atoms with Crippen LogP contribution >= 0.6 is 11.6 Å². The number of carbonyl (C=O) groups is 1. The Morgan fingerprint density at radius 1 is 1.03 bits per heavy atom. The Morgan fingerprint density at radius 3 is 2.49 bits per heavy atom. The van der Waals surface area contributed by atoms with Crippen molar-refractivity contribution in [3.05, 3.63) is 82.6 Å². The molecule has 1 saturated heterocycles. The molecule has 3 heterocycles. The van der Waals surface area contributed by atoms with Crippen LogP contribution < -0.4 is 0 Å². The zero-order valence-corrected chi connectivity index (χ0v) is 20.0. The Morgan fingerprint density at radius 2 is 1.77 bits per heavy atom. The van der Waals surface area contributed by atoms with E-state index >= 15 is 0 Å². The van der Waals surface area contributed by atoms with Crippen molar-refractivity contribution in [2.45, 2.75) is 20.0 Å². The summed E-state index contributed by atoms with van der Waals surface area (Å²) in [5, 5.41) is 5.84. The lowest BCUT2D eigenvalue weighted by atomic mass is 10.0. The van der Waals surface area contributed by atoms with Crippen LogP contribution in [0.2, 0.25) is 5.02 Å². The highest BCUT2D eigenvalue weighted by Gasteiger charge is 2.24. The van der Waals surface area contributed by atoms with Crippen LogP contribution in [-0.2, 0) is 17.9 Å². The summed E-state index contributed by atoms with van der Waals surface area (Å²) in [4.78, 5) is 21.5. The van der Waals surface area contributed by atoms with Crippen LogP contribution in [0.15, 0.2) is 54.7 Å². The molecule has 0 saturated carbocycles. The third-order valence-electron chi connectivity index (χ3n) is 6.42. The van der Waals surface area contributed by atoms with Crippen molar-refractivity contribution in [3.63, 3.8) is 0 Å². The highest BCUT2D eigenvalue weighted by atomic mass is 35.5. The molecular formula is C26H24ClF2N5O. The molecule has 1 aliphatic rings. The third-order valence-corrected chi connectivity index (χ3v) is 6.77. The molecule has 5 rings (SSSR count). The summed E-state index contributed by atoms with van der Waals surface area (Å²) < 4.78 is 29.2. The average Bonchev–Trinajstić information content (AvgIpc) is 3.17. The number of carbonyl (C=O) groups excluding carboxylic acids is 1. The van der Waals surface area contributed by atoms with Crippen molar-refractivity contribution in [1.29, 1.82) is 0 Å². The smallest absolute Gasteiger partial charge is 0.244 e. The Hall–Kier alpha value is -3.36. The lowest BCUT2D eigenvalue weighted by Crippen LogP contribution is -2.49. The summed E-state index contributed by atoms with van der Waals surface area (Å²) in [6.07, 6.45) is 1.68. The van der Waals surface area contributed by atoms with Crippen molar-refractivity contribution in [3.8, 4) is 11.1 Å². The van der Waals surface area contributed by atoms with Crippen LogP contribution in [0.1, 0.15) is 11.3 Å². The molecule has 0 spiro atoms. The third kappa shape index (κ3) is 4.76. The molecule has 0 radical (unpaired) electrons. The largest absolute Gasteiger partial charge is 0.339 e. The first-order chi connectivity index (χ1) is 16.9. The maximum absolute atomic E-state index is 14.1. The van der Waals surface area contributed by atoms with Crippen LogP contribution in [-0.4, -0.2) is 56.7 Å². The predicted molar refractivity (Wildman–Crippen MR) is 131 cm³/mol. The van der Waals surface area contributed by atoms with E-state index in [0.29, 0.717) is 49.0 Å². The van der Waals surface area contributed by atoms with Crippen molar-refractivity contribution in [2.75, 3.05) is 26.2 Å². The Kier molecular flexibility index (Phi) is 6.49. The van der Waals surface area contributed by atoms with Gasteiger partial charge >= 0.3 is 0 Å². The summed E-state index contributed by atoms with van der Waals surface area (Å²) in [5.41, 5.74) is 3.61. The molecule has 6 nitrogen and oxygen atoms in total. The number of pyridine rings is 1. The van der Waals surface area contributed by atoms with Crippen molar-refractivity contribution >= 4 is 28.5 Å². The van der Waals surface area contributed by atoms with E-state index in [9.17, 15) is 13.6 Å². The van der Waals surface area contributed by atoms with Gasteiger partial charge in [-0.05, 0) is 48.4 Å². The molecular weight excluding hydrogens is 472 g/mol. The molecule has 35 heavy (non-hydrogen) atoms. The standard InChI is InChI=1S/C26H24ClF2N5O/c1-17-25-20(18-5-7-19(28)8-6-18)9-10-30-26(25)34(31-17)16-24(35)33-13-11-32(12-14-33)15-21-22(27)3-2-4-23(21)29/h2-10H,11-16H2,1H3. The van der Waals surface area contributed by atoms with Gasteiger partial charge in [0.2, 0.25) is 5.91 Å². The molecule has 2 aromatic heterocycles. The quantitative estimate of drug-likeness (QED) is 0.403. The number of hydrogen-bond donors (Lipinski definition) is 0. The minimum absolute atomic E-state index is 0.0491. The van der Waals surface area contributed by atoms with E-state index in [4.69, 9.17) is 11.6 Å². The number of hydrogen-bond acceptors (Lipinski definition) is 4. The van der Waals surface area contributed by atoms with E-state index in [1.807, 2.05) is 13.0 Å². The van der Waals surface area contributed by atoms with Gasteiger partial charge in [0.25, 0.3) is 0 Å². The maximum atomic E-state index is 14.1. The van der Waals surface area contributed by atoms with E-state index in [2.05, 4.69) is 15.0 Å². The lowest BCUT2D eigenvalue weighted by molar-refractivity contribution is -0.133. The monoisotopic (exact) mass is 495 g/mol. The number of amides is 1. The minimum Gasteiger partial charge on any atom is -0.339 e. The van der Waals surface area contributed by atoms with E-state index in [-0.39, 0.29) is 24.1 Å². The van der Waals surface area contributed by atoms with E-state index < -0.39 is 0 Å². The molecule has 0 unspecified atom stereocenters. The fourth-order valence-electron chi connectivity index (χ4n) is 4.55. The number of fused-ring (bicyclic) bond motifs is 1. The topological polar surface area (TPSA) is 54.3 Å². The van der Waals surface area contributed by atoms with Crippen LogP contribution in [0.3, 0.4) is 0 Å². The van der Waals surface area contributed by atoms with Gasteiger partial charge in [0, 0.05) is 54.9 Å². The summed E-state index contributed by atoms with van der Waals surface area (Å²) in [7, 11) is 0. The van der Waals surface area contributed by atoms with Crippen LogP contribution in [0.25, 0.3) is 22.2 Å². The first kappa shape index (κ1) is 23.4. The zero-order valence-electron chi connectivity index (χ0n) is 19.2. The van der Waals surface area contributed by atoms with Gasteiger partial charge in [0.1, 0.15) is 18.2 Å². The molecule has 1 fully saturated rings.